The maximum Gasteiger partial charge on any atom is 0.203 e. The number of benzene rings is 1. The van der Waals surface area contributed by atoms with Gasteiger partial charge in [-0.15, -0.1) is 20.4 Å². The molecule has 76 valence electrons. The van der Waals surface area contributed by atoms with E-state index in [1.165, 1.54) is 11.9 Å². The monoisotopic (exact) mass is 201 g/mol. The molecule has 1 aromatic heterocycles. The van der Waals surface area contributed by atoms with Crippen molar-refractivity contribution < 1.29 is 0 Å². The van der Waals surface area contributed by atoms with E-state index in [2.05, 4.69) is 25.7 Å². The Bertz CT molecular complexity index is 412. The molecule has 0 radical (unpaired) electrons. The molecule has 0 bridgehead atoms. The lowest BCUT2D eigenvalue weighted by atomic mass is 10.1. The van der Waals surface area contributed by atoms with Crippen molar-refractivity contribution in [3.05, 3.63) is 36.2 Å². The molecule has 0 aliphatic rings. The average molecular weight is 201 g/mol. The molecule has 0 atom stereocenters. The van der Waals surface area contributed by atoms with Gasteiger partial charge in [-0.1, -0.05) is 24.3 Å². The minimum absolute atomic E-state index is 0.550. The van der Waals surface area contributed by atoms with Gasteiger partial charge < -0.3 is 5.32 Å². The van der Waals surface area contributed by atoms with Gasteiger partial charge in [0.25, 0.3) is 0 Å². The Morgan fingerprint density at radius 3 is 2.33 bits per heavy atom. The summed E-state index contributed by atoms with van der Waals surface area (Å²) >= 11 is 0. The Kier molecular flexibility index (Phi) is 2.94. The molecule has 2 aromatic rings. The van der Waals surface area contributed by atoms with E-state index in [1.54, 1.807) is 0 Å². The van der Waals surface area contributed by atoms with E-state index in [0.29, 0.717) is 5.82 Å². The number of nitrogens with zero attached hydrogens (tertiary/aromatic N) is 4. The van der Waals surface area contributed by atoms with Crippen molar-refractivity contribution in [3.63, 3.8) is 0 Å². The van der Waals surface area contributed by atoms with E-state index < -0.39 is 0 Å². The maximum absolute atomic E-state index is 3.89. The van der Waals surface area contributed by atoms with Crippen LogP contribution in [-0.2, 0) is 6.54 Å². The quantitative estimate of drug-likeness (QED) is 0.790. The van der Waals surface area contributed by atoms with Gasteiger partial charge in [0.05, 0.1) is 0 Å². The summed E-state index contributed by atoms with van der Waals surface area (Å²) in [4.78, 5) is 0. The molecule has 0 spiro atoms. The Morgan fingerprint density at radius 2 is 1.73 bits per heavy atom. The summed E-state index contributed by atoms with van der Waals surface area (Å²) in [5.41, 5.74) is 2.15. The Morgan fingerprint density at radius 1 is 1.07 bits per heavy atom. The summed E-state index contributed by atoms with van der Waals surface area (Å²) in [6.45, 7) is 0.854. The first kappa shape index (κ1) is 9.67. The van der Waals surface area contributed by atoms with E-state index in [1.807, 2.05) is 31.3 Å². The molecule has 0 aliphatic heterocycles. The van der Waals surface area contributed by atoms with Crippen molar-refractivity contribution in [2.75, 3.05) is 7.05 Å². The van der Waals surface area contributed by atoms with Gasteiger partial charge in [-0.3, -0.25) is 0 Å². The van der Waals surface area contributed by atoms with Crippen molar-refractivity contribution in [2.24, 2.45) is 0 Å². The first-order chi connectivity index (χ1) is 7.40. The Labute approximate surface area is 87.6 Å². The maximum atomic E-state index is 3.89. The molecule has 5 heteroatoms. The average Bonchev–Trinajstić information content (AvgIpc) is 2.32. The summed E-state index contributed by atoms with van der Waals surface area (Å²) in [6.07, 6.45) is 1.32. The largest absolute Gasteiger partial charge is 0.316 e. The van der Waals surface area contributed by atoms with Crippen LogP contribution < -0.4 is 5.32 Å². The van der Waals surface area contributed by atoms with Crippen LogP contribution >= 0.6 is 0 Å². The van der Waals surface area contributed by atoms with Gasteiger partial charge in [0, 0.05) is 12.1 Å². The predicted octanol–water partition coefficient (Wildman–Crippen LogP) is 0.653. The van der Waals surface area contributed by atoms with Gasteiger partial charge in [-0.2, -0.15) is 0 Å². The van der Waals surface area contributed by atoms with E-state index >= 15 is 0 Å². The van der Waals surface area contributed by atoms with E-state index in [9.17, 15) is 0 Å². The van der Waals surface area contributed by atoms with E-state index in [-0.39, 0.29) is 0 Å². The molecule has 0 aliphatic carbocycles. The fourth-order valence-electron chi connectivity index (χ4n) is 1.30. The molecule has 1 heterocycles. The van der Waals surface area contributed by atoms with Gasteiger partial charge in [-0.05, 0) is 12.6 Å². The second kappa shape index (κ2) is 4.56. The molecular formula is C10H11N5. The van der Waals surface area contributed by atoms with Gasteiger partial charge in [0.2, 0.25) is 5.82 Å². The molecule has 0 unspecified atom stereocenters. The van der Waals surface area contributed by atoms with Crippen LogP contribution in [0.3, 0.4) is 0 Å². The number of nitrogens with one attached hydrogen (secondary N) is 1. The Balaban J connectivity index is 2.24. The molecule has 15 heavy (non-hydrogen) atoms. The summed E-state index contributed by atoms with van der Waals surface area (Å²) in [5.74, 6) is 0.550. The number of hydrogen-bond donors (Lipinski definition) is 1. The lowest BCUT2D eigenvalue weighted by Gasteiger charge is -2.01. The standard InChI is InChI=1S/C10H11N5/c1-11-6-8-2-4-9(5-3-8)10-14-12-7-13-15-10/h2-5,7,11H,6H2,1H3. The lowest BCUT2D eigenvalue weighted by Crippen LogP contribution is -2.04. The lowest BCUT2D eigenvalue weighted by molar-refractivity contribution is 0.817. The first-order valence-corrected chi connectivity index (χ1v) is 4.64. The zero-order valence-corrected chi connectivity index (χ0v) is 8.38. The van der Waals surface area contributed by atoms with Crippen LogP contribution in [-0.4, -0.2) is 27.4 Å². The molecule has 1 N–H and O–H groups in total. The highest BCUT2D eigenvalue weighted by Gasteiger charge is 2.00. The molecule has 0 amide bonds. The van der Waals surface area contributed by atoms with Crippen LogP contribution in [0.1, 0.15) is 5.56 Å². The fraction of sp³-hybridized carbons (Fsp3) is 0.200. The molecule has 1 aromatic carbocycles. The predicted molar refractivity (Wildman–Crippen MR) is 55.8 cm³/mol. The first-order valence-electron chi connectivity index (χ1n) is 4.64. The summed E-state index contributed by atoms with van der Waals surface area (Å²) in [7, 11) is 1.92. The zero-order valence-electron chi connectivity index (χ0n) is 8.38. The van der Waals surface area contributed by atoms with Crippen LogP contribution in [0.4, 0.5) is 0 Å². The second-order valence-corrected chi connectivity index (χ2v) is 3.10. The van der Waals surface area contributed by atoms with Gasteiger partial charge >= 0.3 is 0 Å². The highest BCUT2D eigenvalue weighted by atomic mass is 15.3. The van der Waals surface area contributed by atoms with Crippen LogP contribution in [0.15, 0.2) is 30.6 Å². The van der Waals surface area contributed by atoms with Gasteiger partial charge in [0.1, 0.15) is 0 Å². The third-order valence-electron chi connectivity index (χ3n) is 2.00. The molecule has 5 nitrogen and oxygen atoms in total. The highest BCUT2D eigenvalue weighted by molar-refractivity contribution is 5.53. The zero-order chi connectivity index (χ0) is 10.5. The SMILES string of the molecule is CNCc1ccc(-c2nncnn2)cc1. The number of rotatable bonds is 3. The molecule has 0 saturated carbocycles. The van der Waals surface area contributed by atoms with Crippen LogP contribution in [0.2, 0.25) is 0 Å². The number of hydrogen-bond acceptors (Lipinski definition) is 5. The highest BCUT2D eigenvalue weighted by Crippen LogP contribution is 2.13. The molecule has 0 saturated heterocycles. The van der Waals surface area contributed by atoms with Crippen molar-refractivity contribution in [1.82, 2.24) is 25.7 Å². The van der Waals surface area contributed by atoms with Crippen LogP contribution in [0.25, 0.3) is 11.4 Å². The van der Waals surface area contributed by atoms with Crippen molar-refractivity contribution in [1.29, 1.82) is 0 Å². The van der Waals surface area contributed by atoms with Gasteiger partial charge in [-0.25, -0.2) is 0 Å². The van der Waals surface area contributed by atoms with Crippen LogP contribution in [0.5, 0.6) is 0 Å². The fourth-order valence-corrected chi connectivity index (χ4v) is 1.30. The third-order valence-corrected chi connectivity index (χ3v) is 2.00. The van der Waals surface area contributed by atoms with Crippen molar-refractivity contribution >= 4 is 0 Å². The van der Waals surface area contributed by atoms with Crippen molar-refractivity contribution in [3.8, 4) is 11.4 Å². The topological polar surface area (TPSA) is 63.6 Å². The smallest absolute Gasteiger partial charge is 0.203 e. The minimum Gasteiger partial charge on any atom is -0.316 e. The summed E-state index contributed by atoms with van der Waals surface area (Å²) < 4.78 is 0. The molecule has 2 rings (SSSR count). The summed E-state index contributed by atoms with van der Waals surface area (Å²) in [5, 5.41) is 18.2. The van der Waals surface area contributed by atoms with E-state index in [0.717, 1.165) is 12.1 Å². The Hall–Kier alpha value is -1.88. The van der Waals surface area contributed by atoms with E-state index in [4.69, 9.17) is 0 Å². The van der Waals surface area contributed by atoms with Crippen LogP contribution in [0, 0.1) is 0 Å². The third kappa shape index (κ3) is 2.32. The van der Waals surface area contributed by atoms with Crippen molar-refractivity contribution in [2.45, 2.75) is 6.54 Å². The molecular weight excluding hydrogens is 190 g/mol. The second-order valence-electron chi connectivity index (χ2n) is 3.10. The van der Waals surface area contributed by atoms with Gasteiger partial charge in [0.15, 0.2) is 6.33 Å². The number of aromatic nitrogens is 4. The minimum atomic E-state index is 0.550. The normalized spacial score (nSPS) is 10.2. The summed E-state index contributed by atoms with van der Waals surface area (Å²) in [6, 6.07) is 7.99. The molecule has 0 fully saturated rings.